The molecule has 1 saturated heterocycles. The van der Waals surface area contributed by atoms with Crippen LogP contribution in [0.5, 0.6) is 0 Å². The molecule has 0 aliphatic carbocycles. The van der Waals surface area contributed by atoms with Crippen molar-refractivity contribution in [3.63, 3.8) is 0 Å². The van der Waals surface area contributed by atoms with E-state index < -0.39 is 0 Å². The number of halogens is 1. The molecule has 0 atom stereocenters. The van der Waals surface area contributed by atoms with Crippen molar-refractivity contribution in [2.45, 2.75) is 19.3 Å². The molecular formula is C13H16ClN3O2. The Labute approximate surface area is 116 Å². The van der Waals surface area contributed by atoms with Crippen LogP contribution >= 0.6 is 11.6 Å². The fraction of sp³-hybridized carbons (Fsp3) is 0.385. The smallest absolute Gasteiger partial charge is 0.244 e. The second-order valence-corrected chi connectivity index (χ2v) is 4.99. The highest BCUT2D eigenvalue weighted by atomic mass is 35.5. The van der Waals surface area contributed by atoms with Crippen LogP contribution in [-0.4, -0.2) is 29.8 Å². The SMILES string of the molecule is Nc1cc(Cl)ccc1NC(=O)CN1CCCCC1=O. The molecule has 102 valence electrons. The number of piperidine rings is 1. The van der Waals surface area contributed by atoms with Crippen molar-refractivity contribution in [2.24, 2.45) is 0 Å². The lowest BCUT2D eigenvalue weighted by Gasteiger charge is -2.26. The number of nitrogens with one attached hydrogen (secondary N) is 1. The lowest BCUT2D eigenvalue weighted by molar-refractivity contribution is -0.136. The number of nitrogens with two attached hydrogens (primary N) is 1. The molecule has 6 heteroatoms. The van der Waals surface area contributed by atoms with Gasteiger partial charge in [-0.05, 0) is 31.0 Å². The van der Waals surface area contributed by atoms with Gasteiger partial charge in [-0.2, -0.15) is 0 Å². The van der Waals surface area contributed by atoms with Crippen molar-refractivity contribution in [3.8, 4) is 0 Å². The summed E-state index contributed by atoms with van der Waals surface area (Å²) in [5.74, 6) is -0.213. The predicted molar refractivity (Wildman–Crippen MR) is 74.9 cm³/mol. The van der Waals surface area contributed by atoms with E-state index in [0.29, 0.717) is 29.4 Å². The average Bonchev–Trinajstić information content (AvgIpc) is 2.36. The summed E-state index contributed by atoms with van der Waals surface area (Å²) < 4.78 is 0. The molecule has 1 fully saturated rings. The van der Waals surface area contributed by atoms with Crippen LogP contribution < -0.4 is 11.1 Å². The highest BCUT2D eigenvalue weighted by molar-refractivity contribution is 6.31. The first-order valence-corrected chi connectivity index (χ1v) is 6.57. The van der Waals surface area contributed by atoms with Gasteiger partial charge in [0.15, 0.2) is 0 Å². The van der Waals surface area contributed by atoms with Crippen LogP contribution in [0, 0.1) is 0 Å². The van der Waals surface area contributed by atoms with Crippen molar-refractivity contribution in [2.75, 3.05) is 24.1 Å². The number of nitrogen functional groups attached to an aromatic ring is 1. The second kappa shape index (κ2) is 5.93. The number of nitrogens with zero attached hydrogens (tertiary/aromatic N) is 1. The maximum Gasteiger partial charge on any atom is 0.244 e. The summed E-state index contributed by atoms with van der Waals surface area (Å²) in [5, 5.41) is 3.20. The monoisotopic (exact) mass is 281 g/mol. The van der Waals surface area contributed by atoms with Crippen LogP contribution in [-0.2, 0) is 9.59 Å². The summed E-state index contributed by atoms with van der Waals surface area (Å²) in [6, 6.07) is 4.87. The van der Waals surface area contributed by atoms with Crippen LogP contribution in [0.3, 0.4) is 0 Å². The second-order valence-electron chi connectivity index (χ2n) is 4.55. The lowest BCUT2D eigenvalue weighted by atomic mass is 10.1. The van der Waals surface area contributed by atoms with Crippen molar-refractivity contribution >= 4 is 34.8 Å². The maximum absolute atomic E-state index is 11.9. The molecule has 0 radical (unpaired) electrons. The molecule has 0 spiro atoms. The zero-order valence-electron chi connectivity index (χ0n) is 10.5. The van der Waals surface area contributed by atoms with E-state index >= 15 is 0 Å². The van der Waals surface area contributed by atoms with E-state index in [4.69, 9.17) is 17.3 Å². The number of hydrogen-bond donors (Lipinski definition) is 2. The average molecular weight is 282 g/mol. The number of rotatable bonds is 3. The first-order valence-electron chi connectivity index (χ1n) is 6.19. The molecule has 2 amide bonds. The minimum atomic E-state index is -0.246. The number of likely N-dealkylation sites (tertiary alicyclic amines) is 1. The van der Waals surface area contributed by atoms with E-state index in [0.717, 1.165) is 12.8 Å². The Balaban J connectivity index is 1.95. The van der Waals surface area contributed by atoms with E-state index in [9.17, 15) is 9.59 Å². The Hall–Kier alpha value is -1.75. The molecule has 2 rings (SSSR count). The highest BCUT2D eigenvalue weighted by Gasteiger charge is 2.20. The number of carbonyl (C=O) groups is 2. The van der Waals surface area contributed by atoms with Gasteiger partial charge in [0, 0.05) is 18.0 Å². The quantitative estimate of drug-likeness (QED) is 0.831. The van der Waals surface area contributed by atoms with Crippen molar-refractivity contribution in [3.05, 3.63) is 23.2 Å². The standard InChI is InChI=1S/C13H16ClN3O2/c14-9-4-5-11(10(15)7-9)16-12(18)8-17-6-2-1-3-13(17)19/h4-5,7H,1-3,6,8,15H2,(H,16,18). The molecule has 0 bridgehead atoms. The topological polar surface area (TPSA) is 75.4 Å². The maximum atomic E-state index is 11.9. The van der Waals surface area contributed by atoms with E-state index in [2.05, 4.69) is 5.32 Å². The Morgan fingerprint density at radius 1 is 1.42 bits per heavy atom. The van der Waals surface area contributed by atoms with Gasteiger partial charge in [-0.1, -0.05) is 11.6 Å². The molecule has 1 aliphatic rings. The number of amides is 2. The zero-order chi connectivity index (χ0) is 13.8. The van der Waals surface area contributed by atoms with Gasteiger partial charge in [0.25, 0.3) is 0 Å². The molecule has 0 saturated carbocycles. The van der Waals surface area contributed by atoms with Crippen LogP contribution in [0.15, 0.2) is 18.2 Å². The van der Waals surface area contributed by atoms with Crippen LogP contribution in [0.1, 0.15) is 19.3 Å². The predicted octanol–water partition coefficient (Wildman–Crippen LogP) is 1.87. The first-order chi connectivity index (χ1) is 9.06. The number of hydrogen-bond acceptors (Lipinski definition) is 3. The highest BCUT2D eigenvalue weighted by Crippen LogP contribution is 2.22. The van der Waals surface area contributed by atoms with Gasteiger partial charge in [-0.15, -0.1) is 0 Å². The Bertz CT molecular complexity index is 505. The van der Waals surface area contributed by atoms with Crippen LogP contribution in [0.4, 0.5) is 11.4 Å². The summed E-state index contributed by atoms with van der Waals surface area (Å²) in [6.45, 7) is 0.712. The van der Waals surface area contributed by atoms with Gasteiger partial charge < -0.3 is 16.0 Å². The number of anilines is 2. The molecule has 0 aromatic heterocycles. The number of benzene rings is 1. The first kappa shape index (κ1) is 13.7. The lowest BCUT2D eigenvalue weighted by Crippen LogP contribution is -2.40. The van der Waals surface area contributed by atoms with E-state index in [1.165, 1.54) is 0 Å². The fourth-order valence-electron chi connectivity index (χ4n) is 2.04. The molecular weight excluding hydrogens is 266 g/mol. The summed E-state index contributed by atoms with van der Waals surface area (Å²) in [5.41, 5.74) is 6.67. The molecule has 0 unspecified atom stereocenters. The summed E-state index contributed by atoms with van der Waals surface area (Å²) in [7, 11) is 0. The third-order valence-electron chi connectivity index (χ3n) is 3.04. The van der Waals surface area contributed by atoms with E-state index in [-0.39, 0.29) is 18.4 Å². The molecule has 19 heavy (non-hydrogen) atoms. The van der Waals surface area contributed by atoms with Gasteiger partial charge in [0.05, 0.1) is 17.9 Å². The van der Waals surface area contributed by atoms with Gasteiger partial charge in [-0.25, -0.2) is 0 Å². The molecule has 5 nitrogen and oxygen atoms in total. The van der Waals surface area contributed by atoms with Crippen LogP contribution in [0.25, 0.3) is 0 Å². The third kappa shape index (κ3) is 3.61. The van der Waals surface area contributed by atoms with Crippen molar-refractivity contribution in [1.29, 1.82) is 0 Å². The molecule has 1 aromatic rings. The largest absolute Gasteiger partial charge is 0.397 e. The van der Waals surface area contributed by atoms with E-state index in [1.807, 2.05) is 0 Å². The third-order valence-corrected chi connectivity index (χ3v) is 3.28. The van der Waals surface area contributed by atoms with Crippen LogP contribution in [0.2, 0.25) is 5.02 Å². The summed E-state index contributed by atoms with van der Waals surface area (Å²) >= 11 is 5.78. The molecule has 1 heterocycles. The van der Waals surface area contributed by atoms with Crippen molar-refractivity contribution in [1.82, 2.24) is 4.90 Å². The summed E-state index contributed by atoms with van der Waals surface area (Å²) in [6.07, 6.45) is 2.37. The Morgan fingerprint density at radius 2 is 2.21 bits per heavy atom. The van der Waals surface area contributed by atoms with E-state index in [1.54, 1.807) is 23.1 Å². The zero-order valence-corrected chi connectivity index (χ0v) is 11.2. The summed E-state index contributed by atoms with van der Waals surface area (Å²) in [4.78, 5) is 25.0. The van der Waals surface area contributed by atoms with Gasteiger partial charge >= 0.3 is 0 Å². The number of carbonyl (C=O) groups excluding carboxylic acids is 2. The Morgan fingerprint density at radius 3 is 2.89 bits per heavy atom. The minimum absolute atomic E-state index is 0.0329. The fourth-order valence-corrected chi connectivity index (χ4v) is 2.22. The molecule has 1 aliphatic heterocycles. The Kier molecular flexibility index (Phi) is 4.27. The van der Waals surface area contributed by atoms with Crippen molar-refractivity contribution < 1.29 is 9.59 Å². The molecule has 1 aromatic carbocycles. The van der Waals surface area contributed by atoms with Gasteiger partial charge in [0.2, 0.25) is 11.8 Å². The molecule has 3 N–H and O–H groups in total. The minimum Gasteiger partial charge on any atom is -0.397 e. The van der Waals surface area contributed by atoms with Gasteiger partial charge in [-0.3, -0.25) is 9.59 Å². The normalized spacial score (nSPS) is 15.4. The van der Waals surface area contributed by atoms with Gasteiger partial charge in [0.1, 0.15) is 0 Å².